The van der Waals surface area contributed by atoms with Gasteiger partial charge in [-0.25, -0.2) is 0 Å². The van der Waals surface area contributed by atoms with E-state index in [1.807, 2.05) is 0 Å². The van der Waals surface area contributed by atoms with E-state index >= 15 is 0 Å². The molecule has 2 N–H and O–H groups in total. The Morgan fingerprint density at radius 2 is 1.58 bits per heavy atom. The molecule has 0 aliphatic rings. The van der Waals surface area contributed by atoms with Gasteiger partial charge in [0.25, 0.3) is 0 Å². The summed E-state index contributed by atoms with van der Waals surface area (Å²) in [5.74, 6) is 0.719. The van der Waals surface area contributed by atoms with Crippen molar-refractivity contribution in [3.8, 4) is 0 Å². The minimum absolute atomic E-state index is 0.719. The third-order valence-corrected chi connectivity index (χ3v) is 1.97. The highest BCUT2D eigenvalue weighted by Gasteiger charge is 2.01. The van der Waals surface area contributed by atoms with E-state index in [-0.39, 0.29) is 0 Å². The molecule has 0 spiro atoms. The lowest BCUT2D eigenvalue weighted by Gasteiger charge is -2.23. The van der Waals surface area contributed by atoms with Crippen molar-refractivity contribution >= 4 is 0 Å². The summed E-state index contributed by atoms with van der Waals surface area (Å²) in [6.45, 7) is 10.3. The first-order valence-corrected chi connectivity index (χ1v) is 4.91. The molecule has 0 bridgehead atoms. The molecule has 2 heteroatoms. The lowest BCUT2D eigenvalue weighted by atomic mass is 10.2. The fourth-order valence-corrected chi connectivity index (χ4v) is 1.10. The van der Waals surface area contributed by atoms with Gasteiger partial charge in [-0.05, 0) is 12.8 Å². The summed E-state index contributed by atoms with van der Waals surface area (Å²) in [7, 11) is 0. The average molecular weight is 170 g/mol. The van der Waals surface area contributed by atoms with E-state index in [9.17, 15) is 0 Å². The van der Waals surface area contributed by atoms with E-state index in [2.05, 4.69) is 25.3 Å². The van der Waals surface area contributed by atoms with Crippen molar-refractivity contribution < 1.29 is 0 Å². The van der Waals surface area contributed by atoms with Crippen LogP contribution in [0.1, 0.15) is 39.5 Å². The van der Waals surface area contributed by atoms with Crippen LogP contribution in [0.15, 0.2) is 12.4 Å². The first kappa shape index (κ1) is 11.3. The van der Waals surface area contributed by atoms with Gasteiger partial charge in [-0.15, -0.1) is 0 Å². The first-order chi connectivity index (χ1) is 5.72. The number of nitrogens with zero attached hydrogens (tertiary/aromatic N) is 1. The van der Waals surface area contributed by atoms with Crippen LogP contribution in [-0.2, 0) is 0 Å². The summed E-state index contributed by atoms with van der Waals surface area (Å²) in [4.78, 5) is 2.17. The molecule has 0 saturated heterocycles. The molecule has 2 nitrogen and oxygen atoms in total. The lowest BCUT2D eigenvalue weighted by Crippen LogP contribution is -2.29. The van der Waals surface area contributed by atoms with Gasteiger partial charge in [-0.1, -0.05) is 33.3 Å². The zero-order valence-corrected chi connectivity index (χ0v) is 8.47. The van der Waals surface area contributed by atoms with Crippen molar-refractivity contribution in [3.63, 3.8) is 0 Å². The summed E-state index contributed by atoms with van der Waals surface area (Å²) in [5, 5.41) is 0. The molecule has 0 unspecified atom stereocenters. The molecule has 0 heterocycles. The maximum atomic E-state index is 5.65. The largest absolute Gasteiger partial charge is 0.386 e. The van der Waals surface area contributed by atoms with E-state index in [1.165, 1.54) is 25.7 Å². The highest BCUT2D eigenvalue weighted by molar-refractivity contribution is 4.86. The van der Waals surface area contributed by atoms with E-state index in [1.54, 1.807) is 0 Å². The zero-order valence-electron chi connectivity index (χ0n) is 8.47. The van der Waals surface area contributed by atoms with E-state index < -0.39 is 0 Å². The maximum absolute atomic E-state index is 5.65. The fraction of sp³-hybridized carbons (Fsp3) is 0.800. The van der Waals surface area contributed by atoms with Crippen LogP contribution in [0.3, 0.4) is 0 Å². The van der Waals surface area contributed by atoms with Gasteiger partial charge in [-0.2, -0.15) is 0 Å². The predicted octanol–water partition coefficient (Wildman–Crippen LogP) is 2.32. The number of hydrogen-bond donors (Lipinski definition) is 1. The predicted molar refractivity (Wildman–Crippen MR) is 54.7 cm³/mol. The van der Waals surface area contributed by atoms with Crippen LogP contribution < -0.4 is 5.73 Å². The van der Waals surface area contributed by atoms with Gasteiger partial charge in [0.2, 0.25) is 0 Å². The van der Waals surface area contributed by atoms with Crippen molar-refractivity contribution in [1.29, 1.82) is 0 Å². The topological polar surface area (TPSA) is 29.3 Å². The Bertz CT molecular complexity index is 113. The summed E-state index contributed by atoms with van der Waals surface area (Å²) in [6.07, 6.45) is 4.85. The van der Waals surface area contributed by atoms with Gasteiger partial charge in [0, 0.05) is 13.1 Å². The van der Waals surface area contributed by atoms with Gasteiger partial charge >= 0.3 is 0 Å². The first-order valence-electron chi connectivity index (χ1n) is 4.91. The summed E-state index contributed by atoms with van der Waals surface area (Å²) in [5.41, 5.74) is 5.65. The molecule has 0 aliphatic carbocycles. The Balaban J connectivity index is 3.62. The highest BCUT2D eigenvalue weighted by Crippen LogP contribution is 2.01. The van der Waals surface area contributed by atoms with Gasteiger partial charge < -0.3 is 10.6 Å². The summed E-state index contributed by atoms with van der Waals surface area (Å²) < 4.78 is 0. The van der Waals surface area contributed by atoms with Crippen LogP contribution in [0.4, 0.5) is 0 Å². The van der Waals surface area contributed by atoms with Crippen LogP contribution in [0, 0.1) is 0 Å². The van der Waals surface area contributed by atoms with Crippen LogP contribution in [0.2, 0.25) is 0 Å². The van der Waals surface area contributed by atoms with Crippen LogP contribution in [-0.4, -0.2) is 18.0 Å². The number of unbranched alkanes of at least 4 members (excludes halogenated alkanes) is 2. The Morgan fingerprint density at radius 1 is 1.17 bits per heavy atom. The molecule has 0 aromatic rings. The molecule has 0 rings (SSSR count). The van der Waals surface area contributed by atoms with Crippen LogP contribution >= 0.6 is 0 Å². The monoisotopic (exact) mass is 170 g/mol. The molecule has 0 saturated carbocycles. The molecular weight excluding hydrogens is 148 g/mol. The summed E-state index contributed by atoms with van der Waals surface area (Å²) >= 11 is 0. The maximum Gasteiger partial charge on any atom is 0.0912 e. The minimum Gasteiger partial charge on any atom is -0.386 e. The second kappa shape index (κ2) is 7.01. The second-order valence-electron chi connectivity index (χ2n) is 3.19. The molecule has 0 fully saturated rings. The lowest BCUT2D eigenvalue weighted by molar-refractivity contribution is 0.329. The van der Waals surface area contributed by atoms with Crippen molar-refractivity contribution in [1.82, 2.24) is 4.90 Å². The minimum atomic E-state index is 0.719. The number of hydrogen-bond acceptors (Lipinski definition) is 2. The Labute approximate surface area is 76.4 Å². The molecule has 0 aromatic carbocycles. The molecule has 0 aromatic heterocycles. The van der Waals surface area contributed by atoms with Crippen molar-refractivity contribution in [3.05, 3.63) is 12.4 Å². The van der Waals surface area contributed by atoms with E-state index in [4.69, 9.17) is 5.73 Å². The van der Waals surface area contributed by atoms with Gasteiger partial charge in [0.1, 0.15) is 0 Å². The highest BCUT2D eigenvalue weighted by atomic mass is 15.2. The number of nitrogens with two attached hydrogens (primary N) is 1. The van der Waals surface area contributed by atoms with Crippen molar-refractivity contribution in [2.45, 2.75) is 39.5 Å². The molecular formula is C10H22N2. The van der Waals surface area contributed by atoms with Crippen molar-refractivity contribution in [2.75, 3.05) is 13.1 Å². The molecule has 0 amide bonds. The summed E-state index contributed by atoms with van der Waals surface area (Å²) in [6, 6.07) is 0. The van der Waals surface area contributed by atoms with Crippen LogP contribution in [0.5, 0.6) is 0 Å². The standard InChI is InChI=1S/C10H22N2/c1-4-6-8-12(10(3)11)9-7-5-2/h3-9,11H2,1-2H3. The Hall–Kier alpha value is -0.660. The average Bonchev–Trinajstić information content (AvgIpc) is 2.04. The normalized spacial score (nSPS) is 9.83. The van der Waals surface area contributed by atoms with Gasteiger partial charge in [0.05, 0.1) is 5.82 Å². The number of rotatable bonds is 7. The van der Waals surface area contributed by atoms with Gasteiger partial charge in [-0.3, -0.25) is 0 Å². The molecule has 0 aliphatic heterocycles. The Kier molecular flexibility index (Phi) is 6.63. The third kappa shape index (κ3) is 5.05. The van der Waals surface area contributed by atoms with Gasteiger partial charge in [0.15, 0.2) is 0 Å². The SMILES string of the molecule is C=C(N)N(CCCC)CCCC. The zero-order chi connectivity index (χ0) is 9.40. The van der Waals surface area contributed by atoms with Crippen LogP contribution in [0.25, 0.3) is 0 Å². The van der Waals surface area contributed by atoms with E-state index in [0.29, 0.717) is 0 Å². The quantitative estimate of drug-likeness (QED) is 0.635. The Morgan fingerprint density at radius 3 is 1.83 bits per heavy atom. The molecule has 0 atom stereocenters. The smallest absolute Gasteiger partial charge is 0.0912 e. The second-order valence-corrected chi connectivity index (χ2v) is 3.19. The fourth-order valence-electron chi connectivity index (χ4n) is 1.10. The van der Waals surface area contributed by atoms with E-state index in [0.717, 1.165) is 18.9 Å². The molecule has 12 heavy (non-hydrogen) atoms. The van der Waals surface area contributed by atoms with Crippen molar-refractivity contribution in [2.24, 2.45) is 5.73 Å². The third-order valence-electron chi connectivity index (χ3n) is 1.97. The molecule has 72 valence electrons. The molecule has 0 radical (unpaired) electrons.